The van der Waals surface area contributed by atoms with Crippen LogP contribution < -0.4 is 11.3 Å². The number of fused-ring (bicyclic) bond motifs is 1. The van der Waals surface area contributed by atoms with E-state index in [0.717, 1.165) is 28.8 Å². The SMILES string of the molecule is NCc1c(-c2ccccc2)c2cc(Cl)ccc2c(=O)n1CC1CCCCC1. The van der Waals surface area contributed by atoms with Crippen molar-refractivity contribution in [2.24, 2.45) is 11.7 Å². The number of nitrogens with zero attached hydrogens (tertiary/aromatic N) is 1. The number of aromatic nitrogens is 1. The zero-order valence-electron chi connectivity index (χ0n) is 15.5. The third kappa shape index (κ3) is 3.54. The van der Waals surface area contributed by atoms with Crippen LogP contribution in [0.1, 0.15) is 37.8 Å². The Balaban J connectivity index is 1.98. The Bertz CT molecular complexity index is 1000. The molecule has 2 N–H and O–H groups in total. The van der Waals surface area contributed by atoms with E-state index in [4.69, 9.17) is 17.3 Å². The minimum atomic E-state index is 0.0485. The van der Waals surface area contributed by atoms with Gasteiger partial charge in [0.2, 0.25) is 0 Å². The van der Waals surface area contributed by atoms with E-state index in [1.54, 1.807) is 6.07 Å². The Hall–Kier alpha value is -2.10. The predicted molar refractivity (Wildman–Crippen MR) is 113 cm³/mol. The molecule has 4 heteroatoms. The molecule has 0 spiro atoms. The molecule has 0 atom stereocenters. The average molecular weight is 381 g/mol. The molecule has 1 heterocycles. The molecule has 1 saturated carbocycles. The van der Waals surface area contributed by atoms with Crippen molar-refractivity contribution in [1.29, 1.82) is 0 Å². The molecular formula is C23H25ClN2O. The summed E-state index contributed by atoms with van der Waals surface area (Å²) in [7, 11) is 0. The molecule has 0 aliphatic heterocycles. The zero-order chi connectivity index (χ0) is 18.8. The molecule has 0 bridgehead atoms. The Morgan fingerprint density at radius 2 is 1.74 bits per heavy atom. The molecule has 140 valence electrons. The molecule has 0 saturated heterocycles. The Labute approximate surface area is 164 Å². The lowest BCUT2D eigenvalue weighted by Crippen LogP contribution is -2.30. The van der Waals surface area contributed by atoms with Crippen LogP contribution >= 0.6 is 11.6 Å². The first-order valence-corrected chi connectivity index (χ1v) is 10.2. The van der Waals surface area contributed by atoms with Gasteiger partial charge in [-0.05, 0) is 47.9 Å². The molecule has 1 aliphatic rings. The van der Waals surface area contributed by atoms with Gasteiger partial charge in [-0.1, -0.05) is 61.2 Å². The maximum Gasteiger partial charge on any atom is 0.258 e. The molecule has 27 heavy (non-hydrogen) atoms. The van der Waals surface area contributed by atoms with Crippen LogP contribution in [0.3, 0.4) is 0 Å². The van der Waals surface area contributed by atoms with Gasteiger partial charge in [0.05, 0.1) is 0 Å². The third-order valence-corrected chi connectivity index (χ3v) is 6.00. The van der Waals surface area contributed by atoms with E-state index >= 15 is 0 Å². The van der Waals surface area contributed by atoms with E-state index in [1.807, 2.05) is 34.9 Å². The molecule has 1 aliphatic carbocycles. The summed E-state index contributed by atoms with van der Waals surface area (Å²) in [5.41, 5.74) is 9.26. The Kier molecular flexibility index (Phi) is 5.33. The van der Waals surface area contributed by atoms with Crippen molar-refractivity contribution in [3.05, 3.63) is 69.6 Å². The lowest BCUT2D eigenvalue weighted by Gasteiger charge is -2.26. The summed E-state index contributed by atoms with van der Waals surface area (Å²) >= 11 is 6.28. The zero-order valence-corrected chi connectivity index (χ0v) is 16.2. The topological polar surface area (TPSA) is 48.0 Å². The summed E-state index contributed by atoms with van der Waals surface area (Å²) in [5.74, 6) is 0.551. The number of hydrogen-bond acceptors (Lipinski definition) is 2. The van der Waals surface area contributed by atoms with E-state index in [9.17, 15) is 4.79 Å². The highest BCUT2D eigenvalue weighted by Gasteiger charge is 2.21. The molecule has 0 radical (unpaired) electrons. The monoisotopic (exact) mass is 380 g/mol. The van der Waals surface area contributed by atoms with Gasteiger partial charge in [-0.25, -0.2) is 0 Å². The van der Waals surface area contributed by atoms with Crippen LogP contribution in [0.4, 0.5) is 0 Å². The van der Waals surface area contributed by atoms with Gasteiger partial charge in [-0.15, -0.1) is 0 Å². The summed E-state index contributed by atoms with van der Waals surface area (Å²) < 4.78 is 1.94. The van der Waals surface area contributed by atoms with Gasteiger partial charge in [0.1, 0.15) is 0 Å². The minimum absolute atomic E-state index is 0.0485. The summed E-state index contributed by atoms with van der Waals surface area (Å²) in [5, 5.41) is 2.23. The maximum atomic E-state index is 13.3. The highest BCUT2D eigenvalue weighted by atomic mass is 35.5. The fourth-order valence-electron chi connectivity index (χ4n) is 4.43. The lowest BCUT2D eigenvalue weighted by molar-refractivity contribution is 0.313. The minimum Gasteiger partial charge on any atom is -0.325 e. The summed E-state index contributed by atoms with van der Waals surface area (Å²) in [4.78, 5) is 13.3. The fraction of sp³-hybridized carbons (Fsp3) is 0.348. The van der Waals surface area contributed by atoms with Crippen molar-refractivity contribution in [2.45, 2.75) is 45.2 Å². The molecular weight excluding hydrogens is 356 g/mol. The second-order valence-corrected chi connectivity index (χ2v) is 7.94. The Morgan fingerprint density at radius 3 is 2.44 bits per heavy atom. The molecule has 1 aromatic heterocycles. The van der Waals surface area contributed by atoms with Crippen molar-refractivity contribution < 1.29 is 0 Å². The van der Waals surface area contributed by atoms with Crippen LogP contribution in [0.25, 0.3) is 21.9 Å². The molecule has 4 rings (SSSR count). The van der Waals surface area contributed by atoms with Crippen LogP contribution in [-0.4, -0.2) is 4.57 Å². The van der Waals surface area contributed by atoms with Crippen LogP contribution in [-0.2, 0) is 13.1 Å². The molecule has 0 amide bonds. The first-order valence-electron chi connectivity index (χ1n) is 9.79. The largest absolute Gasteiger partial charge is 0.325 e. The van der Waals surface area contributed by atoms with Crippen LogP contribution in [0.5, 0.6) is 0 Å². The first kappa shape index (κ1) is 18.3. The number of nitrogens with two attached hydrogens (primary N) is 1. The van der Waals surface area contributed by atoms with E-state index in [2.05, 4.69) is 12.1 Å². The summed E-state index contributed by atoms with van der Waals surface area (Å²) in [6.45, 7) is 1.08. The second kappa shape index (κ2) is 7.87. The van der Waals surface area contributed by atoms with E-state index in [0.29, 0.717) is 22.9 Å². The third-order valence-electron chi connectivity index (χ3n) is 5.76. The average Bonchev–Trinajstić information content (AvgIpc) is 2.71. The van der Waals surface area contributed by atoms with Gasteiger partial charge in [0.25, 0.3) is 5.56 Å². The normalized spacial score (nSPS) is 15.3. The molecule has 3 aromatic rings. The van der Waals surface area contributed by atoms with Crippen LogP contribution in [0, 0.1) is 5.92 Å². The van der Waals surface area contributed by atoms with E-state index < -0.39 is 0 Å². The van der Waals surface area contributed by atoms with E-state index in [1.165, 1.54) is 32.1 Å². The predicted octanol–water partition coefficient (Wildman–Crippen LogP) is 5.36. The quantitative estimate of drug-likeness (QED) is 0.662. The standard InChI is InChI=1S/C23H25ClN2O/c24-18-11-12-19-20(13-18)22(17-9-5-2-6-10-17)21(14-25)26(23(19)27)15-16-7-3-1-4-8-16/h2,5-6,9-13,16H,1,3-4,7-8,14-15,25H2. The number of halogens is 1. The number of pyridine rings is 1. The highest BCUT2D eigenvalue weighted by molar-refractivity contribution is 6.31. The van der Waals surface area contributed by atoms with E-state index in [-0.39, 0.29) is 5.56 Å². The molecule has 1 fully saturated rings. The van der Waals surface area contributed by atoms with Crippen LogP contribution in [0.15, 0.2) is 53.3 Å². The van der Waals surface area contributed by atoms with Crippen molar-refractivity contribution in [3.8, 4) is 11.1 Å². The lowest BCUT2D eigenvalue weighted by atomic mass is 9.88. The van der Waals surface area contributed by atoms with Crippen LogP contribution in [0.2, 0.25) is 5.02 Å². The highest BCUT2D eigenvalue weighted by Crippen LogP contribution is 2.33. The van der Waals surface area contributed by atoms with Crippen molar-refractivity contribution in [2.75, 3.05) is 0 Å². The van der Waals surface area contributed by atoms with Gasteiger partial charge in [-0.2, -0.15) is 0 Å². The number of rotatable bonds is 4. The smallest absolute Gasteiger partial charge is 0.258 e. The van der Waals surface area contributed by atoms with Gasteiger partial charge in [0.15, 0.2) is 0 Å². The van der Waals surface area contributed by atoms with Crippen molar-refractivity contribution in [3.63, 3.8) is 0 Å². The van der Waals surface area contributed by atoms with Gasteiger partial charge in [-0.3, -0.25) is 4.79 Å². The Morgan fingerprint density at radius 1 is 1.00 bits per heavy atom. The first-order chi connectivity index (χ1) is 13.2. The fourth-order valence-corrected chi connectivity index (χ4v) is 4.60. The second-order valence-electron chi connectivity index (χ2n) is 7.50. The van der Waals surface area contributed by atoms with Gasteiger partial charge < -0.3 is 10.3 Å². The summed E-state index contributed by atoms with van der Waals surface area (Å²) in [6, 6.07) is 15.7. The van der Waals surface area contributed by atoms with Crippen molar-refractivity contribution >= 4 is 22.4 Å². The van der Waals surface area contributed by atoms with Crippen molar-refractivity contribution in [1.82, 2.24) is 4.57 Å². The molecule has 3 nitrogen and oxygen atoms in total. The molecule has 0 unspecified atom stereocenters. The van der Waals surface area contributed by atoms with Gasteiger partial charge in [0, 0.05) is 34.8 Å². The molecule has 2 aromatic carbocycles. The number of hydrogen-bond donors (Lipinski definition) is 1. The summed E-state index contributed by atoms with van der Waals surface area (Å²) in [6.07, 6.45) is 6.20. The number of benzene rings is 2. The van der Waals surface area contributed by atoms with Gasteiger partial charge >= 0.3 is 0 Å². The maximum absolute atomic E-state index is 13.3.